The molecule has 3 aromatic rings. The number of benzene rings is 2. The van der Waals surface area contributed by atoms with E-state index in [1.807, 2.05) is 29.8 Å². The van der Waals surface area contributed by atoms with Gasteiger partial charge < -0.3 is 30.8 Å². The van der Waals surface area contributed by atoms with Crippen molar-refractivity contribution in [3.63, 3.8) is 0 Å². The van der Waals surface area contributed by atoms with Crippen LogP contribution in [0.5, 0.6) is 0 Å². The number of nitrogens with zero attached hydrogens (tertiary/aromatic N) is 4. The third kappa shape index (κ3) is 10.9. The van der Waals surface area contributed by atoms with Gasteiger partial charge in [-0.05, 0) is 61.9 Å². The number of aromatic nitrogens is 2. The minimum atomic E-state index is -0.696. The van der Waals surface area contributed by atoms with E-state index in [1.54, 1.807) is 55.5 Å². The fourth-order valence-corrected chi connectivity index (χ4v) is 4.63. The lowest BCUT2D eigenvalue weighted by Crippen LogP contribution is -2.36. The van der Waals surface area contributed by atoms with E-state index in [1.165, 1.54) is 4.90 Å². The van der Waals surface area contributed by atoms with Crippen molar-refractivity contribution in [1.82, 2.24) is 14.5 Å². The number of aliphatic imine (C=N–C) groups is 1. The predicted molar refractivity (Wildman–Crippen MR) is 185 cm³/mol. The van der Waals surface area contributed by atoms with E-state index in [-0.39, 0.29) is 37.1 Å². The van der Waals surface area contributed by atoms with E-state index in [2.05, 4.69) is 23.8 Å². The first-order valence-electron chi connectivity index (χ1n) is 15.7. The van der Waals surface area contributed by atoms with Gasteiger partial charge in [-0.2, -0.15) is 4.99 Å². The molecule has 0 saturated heterocycles. The van der Waals surface area contributed by atoms with Crippen LogP contribution in [0.4, 0.5) is 10.5 Å². The minimum Gasteiger partial charge on any atom is -0.466 e. The predicted octanol–water partition coefficient (Wildman–Crippen LogP) is 5.55. The smallest absolute Gasteiger partial charge is 0.435 e. The fraction of sp³-hybridized carbons (Fsp3) is 0.343. The molecule has 12 nitrogen and oxygen atoms in total. The van der Waals surface area contributed by atoms with E-state index in [4.69, 9.17) is 25.9 Å². The van der Waals surface area contributed by atoms with Crippen molar-refractivity contribution < 1.29 is 23.9 Å². The van der Waals surface area contributed by atoms with Crippen molar-refractivity contribution in [3.05, 3.63) is 96.1 Å². The Morgan fingerprint density at radius 1 is 1.02 bits per heavy atom. The second-order valence-electron chi connectivity index (χ2n) is 10.6. The standard InChI is InChI=1S/C35H45N7O5/c1-5-8-10-12-22-47-35(45)40-33(37)25-14-17-27(18-15-25)38-24-31-39-28-23-26(16-19-29(28)41(31)4)34(44)42(21-20-32(43)46-7-3)30(36)13-11-9-6-2/h6,9,11,13-19,23,38H,2,5,7-8,10,12,20-22,24,36H2,1,3-4H3,(H2,37,40,45)/b11-9-,30-13+. The molecule has 47 heavy (non-hydrogen) atoms. The van der Waals surface area contributed by atoms with Gasteiger partial charge in [-0.15, -0.1) is 0 Å². The summed E-state index contributed by atoms with van der Waals surface area (Å²) in [7, 11) is 1.90. The normalized spacial score (nSPS) is 11.9. The van der Waals surface area contributed by atoms with Crippen LogP contribution in [0.2, 0.25) is 0 Å². The van der Waals surface area contributed by atoms with Crippen molar-refractivity contribution in [3.8, 4) is 0 Å². The average molecular weight is 644 g/mol. The highest BCUT2D eigenvalue weighted by Gasteiger charge is 2.21. The number of esters is 1. The minimum absolute atomic E-state index is 0.00690. The van der Waals surface area contributed by atoms with Crippen LogP contribution in [-0.4, -0.2) is 58.0 Å². The topological polar surface area (TPSA) is 167 Å². The van der Waals surface area contributed by atoms with E-state index >= 15 is 0 Å². The van der Waals surface area contributed by atoms with Crippen LogP contribution in [0.15, 0.2) is 84.2 Å². The van der Waals surface area contributed by atoms with Crippen LogP contribution in [0.25, 0.3) is 11.0 Å². The molecule has 0 unspecified atom stereocenters. The quantitative estimate of drug-likeness (QED) is 0.0562. The van der Waals surface area contributed by atoms with Gasteiger partial charge in [0.15, 0.2) is 0 Å². The number of fused-ring (bicyclic) bond motifs is 1. The number of ether oxygens (including phenoxy) is 2. The van der Waals surface area contributed by atoms with E-state index in [0.29, 0.717) is 29.8 Å². The van der Waals surface area contributed by atoms with Gasteiger partial charge in [0, 0.05) is 30.4 Å². The molecule has 0 fully saturated rings. The molecule has 0 bridgehead atoms. The van der Waals surface area contributed by atoms with Gasteiger partial charge in [0.2, 0.25) is 0 Å². The zero-order chi connectivity index (χ0) is 34.2. The van der Waals surface area contributed by atoms with Crippen molar-refractivity contribution in [2.75, 3.05) is 25.1 Å². The summed E-state index contributed by atoms with van der Waals surface area (Å²) in [5, 5.41) is 3.33. The number of hydrogen-bond donors (Lipinski definition) is 3. The zero-order valence-electron chi connectivity index (χ0n) is 27.4. The molecule has 0 aliphatic carbocycles. The third-order valence-corrected chi connectivity index (χ3v) is 7.20. The summed E-state index contributed by atoms with van der Waals surface area (Å²) in [6.45, 7) is 8.50. The lowest BCUT2D eigenvalue weighted by molar-refractivity contribution is -0.143. The maximum atomic E-state index is 13.6. The number of anilines is 1. The number of aryl methyl sites for hydroxylation is 1. The van der Waals surface area contributed by atoms with Gasteiger partial charge in [0.1, 0.15) is 17.5 Å². The Hall–Kier alpha value is -5.39. The highest BCUT2D eigenvalue weighted by molar-refractivity contribution is 6.03. The number of amides is 2. The number of allylic oxidation sites excluding steroid dienone is 4. The lowest BCUT2D eigenvalue weighted by atomic mass is 10.1. The second kappa shape index (κ2) is 18.5. The van der Waals surface area contributed by atoms with Crippen molar-refractivity contribution in [2.45, 2.75) is 52.5 Å². The first-order valence-corrected chi connectivity index (χ1v) is 15.7. The summed E-state index contributed by atoms with van der Waals surface area (Å²) >= 11 is 0. The number of amidine groups is 1. The largest absolute Gasteiger partial charge is 0.466 e. The van der Waals surface area contributed by atoms with Gasteiger partial charge in [0.25, 0.3) is 5.91 Å². The molecule has 0 atom stereocenters. The molecule has 1 aromatic heterocycles. The van der Waals surface area contributed by atoms with Gasteiger partial charge in [-0.3, -0.25) is 14.5 Å². The van der Waals surface area contributed by atoms with Gasteiger partial charge in [-0.1, -0.05) is 51.0 Å². The average Bonchev–Trinajstić information content (AvgIpc) is 3.38. The Bertz CT molecular complexity index is 1620. The number of hydrogen-bond acceptors (Lipinski definition) is 8. The van der Waals surface area contributed by atoms with Gasteiger partial charge in [-0.25, -0.2) is 9.78 Å². The molecular weight excluding hydrogens is 598 g/mol. The Morgan fingerprint density at radius 2 is 1.77 bits per heavy atom. The number of imidazole rings is 1. The summed E-state index contributed by atoms with van der Waals surface area (Å²) in [4.78, 5) is 47.5. The summed E-state index contributed by atoms with van der Waals surface area (Å²) in [5.74, 6) is 0.215. The fourth-order valence-electron chi connectivity index (χ4n) is 4.63. The molecular formula is C35H45N7O5. The molecule has 1 heterocycles. The molecule has 0 aliphatic heterocycles. The number of rotatable bonds is 17. The molecule has 0 aliphatic rings. The number of unbranched alkanes of at least 4 members (excludes halogenated alkanes) is 3. The van der Waals surface area contributed by atoms with Crippen LogP contribution < -0.4 is 16.8 Å². The summed E-state index contributed by atoms with van der Waals surface area (Å²) in [6.07, 6.45) is 9.83. The number of nitrogens with one attached hydrogen (secondary N) is 1. The molecule has 2 aromatic carbocycles. The molecule has 0 saturated carbocycles. The first-order chi connectivity index (χ1) is 22.7. The molecule has 3 rings (SSSR count). The highest BCUT2D eigenvalue weighted by Crippen LogP contribution is 2.20. The van der Waals surface area contributed by atoms with Crippen LogP contribution in [0.1, 0.15) is 67.7 Å². The first kappa shape index (κ1) is 36.1. The zero-order valence-corrected chi connectivity index (χ0v) is 27.4. The SMILES string of the molecule is C=C/C=C\C=C(/N)N(CCC(=O)OCC)C(=O)c1ccc2c(c1)nc(CNc1ccc(/C(N)=N/C(=O)OCCCCCC)cc1)n2C. The van der Waals surface area contributed by atoms with E-state index in [0.717, 1.165) is 42.7 Å². The molecule has 0 spiro atoms. The monoisotopic (exact) mass is 643 g/mol. The Labute approximate surface area is 275 Å². The molecule has 12 heteroatoms. The number of nitrogens with two attached hydrogens (primary N) is 2. The number of carbonyl (C=O) groups excluding carboxylic acids is 3. The van der Waals surface area contributed by atoms with Crippen LogP contribution >= 0.6 is 0 Å². The van der Waals surface area contributed by atoms with Crippen molar-refractivity contribution in [1.29, 1.82) is 0 Å². The Balaban J connectivity index is 1.69. The van der Waals surface area contributed by atoms with Crippen molar-refractivity contribution in [2.24, 2.45) is 23.5 Å². The van der Waals surface area contributed by atoms with Gasteiger partial charge >= 0.3 is 12.1 Å². The molecule has 0 radical (unpaired) electrons. The highest BCUT2D eigenvalue weighted by atomic mass is 16.5. The Kier molecular flexibility index (Phi) is 14.2. The molecule has 5 N–H and O–H groups in total. The number of carbonyl (C=O) groups is 3. The van der Waals surface area contributed by atoms with Gasteiger partial charge in [0.05, 0.1) is 37.2 Å². The Morgan fingerprint density at radius 3 is 2.47 bits per heavy atom. The van der Waals surface area contributed by atoms with Crippen LogP contribution in [0.3, 0.4) is 0 Å². The third-order valence-electron chi connectivity index (χ3n) is 7.20. The van der Waals surface area contributed by atoms with Crippen LogP contribution in [0, 0.1) is 0 Å². The molecule has 2 amide bonds. The summed E-state index contributed by atoms with van der Waals surface area (Å²) in [6, 6.07) is 12.4. The molecule has 250 valence electrons. The summed E-state index contributed by atoms with van der Waals surface area (Å²) in [5.41, 5.74) is 15.5. The maximum Gasteiger partial charge on any atom is 0.435 e. The second-order valence-corrected chi connectivity index (χ2v) is 10.6. The van der Waals surface area contributed by atoms with Crippen LogP contribution in [-0.2, 0) is 27.9 Å². The van der Waals surface area contributed by atoms with E-state index < -0.39 is 12.1 Å². The maximum absolute atomic E-state index is 13.6. The summed E-state index contributed by atoms with van der Waals surface area (Å²) < 4.78 is 12.1. The van der Waals surface area contributed by atoms with E-state index in [9.17, 15) is 14.4 Å². The lowest BCUT2D eigenvalue weighted by Gasteiger charge is -2.22. The van der Waals surface area contributed by atoms with Crippen molar-refractivity contribution >= 4 is 40.5 Å².